The molecule has 0 saturated carbocycles. The number of rotatable bonds is 3. The molecular weight excluding hydrogens is 373 g/mol. The molecule has 1 aromatic carbocycles. The number of alkyl halides is 3. The summed E-state index contributed by atoms with van der Waals surface area (Å²) in [5.41, 5.74) is 0.0480. The predicted octanol–water partition coefficient (Wildman–Crippen LogP) is 3.85. The molecule has 28 heavy (non-hydrogen) atoms. The summed E-state index contributed by atoms with van der Waals surface area (Å²) in [6.45, 7) is 2.96. The highest BCUT2D eigenvalue weighted by Gasteiger charge is 2.32. The zero-order valence-corrected chi connectivity index (χ0v) is 14.9. The molecule has 1 atom stereocenters. The van der Waals surface area contributed by atoms with E-state index in [9.17, 15) is 23.1 Å². The molecular formula is C20H17F3N2O3. The quantitative estimate of drug-likeness (QED) is 0.781. The van der Waals surface area contributed by atoms with Gasteiger partial charge in [0, 0.05) is 11.8 Å². The Balaban J connectivity index is 2.00. The summed E-state index contributed by atoms with van der Waals surface area (Å²) < 4.78 is 43.6. The van der Waals surface area contributed by atoms with Crippen molar-refractivity contribution >= 4 is 6.09 Å². The first-order valence-corrected chi connectivity index (χ1v) is 8.40. The first-order valence-electron chi connectivity index (χ1n) is 8.40. The molecule has 3 rings (SSSR count). The Morgan fingerprint density at radius 1 is 1.29 bits per heavy atom. The lowest BCUT2D eigenvalue weighted by atomic mass is 9.89. The minimum absolute atomic E-state index is 0.281. The number of carbonyl (C=O) groups is 1. The van der Waals surface area contributed by atoms with Gasteiger partial charge in [0.25, 0.3) is 0 Å². The Morgan fingerprint density at radius 3 is 2.50 bits per heavy atom. The number of ether oxygens (including phenoxy) is 1. The number of amides is 1. The Labute approximate surface area is 159 Å². The Hall–Kier alpha value is -3.05. The highest BCUT2D eigenvalue weighted by Crippen LogP contribution is 2.31. The summed E-state index contributed by atoms with van der Waals surface area (Å²) >= 11 is 0. The predicted molar refractivity (Wildman–Crippen MR) is 94.5 cm³/mol. The molecule has 2 aromatic rings. The van der Waals surface area contributed by atoms with Crippen molar-refractivity contribution in [2.75, 3.05) is 13.2 Å². The number of aromatic nitrogens is 1. The van der Waals surface area contributed by atoms with Gasteiger partial charge in [-0.2, -0.15) is 13.2 Å². The molecule has 2 heterocycles. The van der Waals surface area contributed by atoms with Crippen molar-refractivity contribution in [1.82, 2.24) is 10.3 Å². The summed E-state index contributed by atoms with van der Waals surface area (Å²) in [4.78, 5) is 15.5. The zero-order valence-electron chi connectivity index (χ0n) is 14.9. The molecule has 1 aliphatic rings. The molecule has 1 saturated heterocycles. The van der Waals surface area contributed by atoms with Crippen LogP contribution in [-0.2, 0) is 10.9 Å². The molecule has 2 N–H and O–H groups in total. The van der Waals surface area contributed by atoms with Crippen molar-refractivity contribution in [1.29, 1.82) is 0 Å². The van der Waals surface area contributed by atoms with Gasteiger partial charge in [-0.1, -0.05) is 24.0 Å². The lowest BCUT2D eigenvalue weighted by Gasteiger charge is -2.32. The van der Waals surface area contributed by atoms with Gasteiger partial charge in [0.05, 0.1) is 29.9 Å². The third-order valence-electron chi connectivity index (χ3n) is 4.29. The molecule has 1 unspecified atom stereocenters. The van der Waals surface area contributed by atoms with Crippen LogP contribution in [0.2, 0.25) is 0 Å². The summed E-state index contributed by atoms with van der Waals surface area (Å²) in [6.07, 6.45) is -4.32. The van der Waals surface area contributed by atoms with Gasteiger partial charge in [-0.05, 0) is 36.8 Å². The summed E-state index contributed by atoms with van der Waals surface area (Å²) in [6, 6.07) is 6.68. The largest absolute Gasteiger partial charge is 0.465 e. The summed E-state index contributed by atoms with van der Waals surface area (Å²) in [5.74, 6) is 6.11. The molecule has 146 valence electrons. The fourth-order valence-electron chi connectivity index (χ4n) is 2.75. The van der Waals surface area contributed by atoms with E-state index in [4.69, 9.17) is 4.74 Å². The maximum Gasteiger partial charge on any atom is 0.416 e. The normalized spacial score (nSPS) is 16.3. The average molecular weight is 390 g/mol. The topological polar surface area (TPSA) is 71.5 Å². The lowest BCUT2D eigenvalue weighted by Crippen LogP contribution is -2.38. The van der Waals surface area contributed by atoms with E-state index < -0.39 is 23.9 Å². The highest BCUT2D eigenvalue weighted by molar-refractivity contribution is 5.66. The lowest BCUT2D eigenvalue weighted by molar-refractivity contribution is -0.137. The third-order valence-corrected chi connectivity index (χ3v) is 4.29. The molecule has 1 aromatic heterocycles. The van der Waals surface area contributed by atoms with Gasteiger partial charge in [0.2, 0.25) is 0 Å². The van der Waals surface area contributed by atoms with Crippen LogP contribution in [0.1, 0.15) is 35.3 Å². The van der Waals surface area contributed by atoms with Crippen molar-refractivity contribution in [3.05, 3.63) is 65.0 Å². The fraction of sp³-hybridized carbons (Fsp3) is 0.300. The number of hydrogen-bond donors (Lipinski definition) is 2. The van der Waals surface area contributed by atoms with E-state index in [1.807, 2.05) is 6.92 Å². The monoisotopic (exact) mass is 390 g/mol. The highest BCUT2D eigenvalue weighted by atomic mass is 19.4. The van der Waals surface area contributed by atoms with Crippen LogP contribution in [-0.4, -0.2) is 29.4 Å². The number of hydrogen-bond acceptors (Lipinski definition) is 3. The van der Waals surface area contributed by atoms with Crippen LogP contribution in [0, 0.1) is 17.3 Å². The van der Waals surface area contributed by atoms with E-state index in [1.165, 1.54) is 18.3 Å². The van der Waals surface area contributed by atoms with E-state index in [2.05, 4.69) is 22.1 Å². The van der Waals surface area contributed by atoms with Crippen molar-refractivity contribution in [3.63, 3.8) is 0 Å². The standard InChI is InChI=1S/C20H17F3N2O3/c1-19(11-28-12-19)9-8-13-3-2-10-24-16(13)17(25-18(26)27)14-4-6-15(7-5-14)20(21,22)23/h2-7,10,17,25H,11-12H2,1H3,(H,26,27). The second-order valence-corrected chi connectivity index (χ2v) is 6.74. The van der Waals surface area contributed by atoms with Crippen molar-refractivity contribution in [2.24, 2.45) is 5.41 Å². The minimum atomic E-state index is -4.48. The van der Waals surface area contributed by atoms with Gasteiger partial charge in [0.15, 0.2) is 0 Å². The van der Waals surface area contributed by atoms with Crippen LogP contribution in [0.25, 0.3) is 0 Å². The van der Waals surface area contributed by atoms with Crippen LogP contribution >= 0.6 is 0 Å². The van der Waals surface area contributed by atoms with Gasteiger partial charge < -0.3 is 15.2 Å². The molecule has 0 aliphatic carbocycles. The van der Waals surface area contributed by atoms with Crippen molar-refractivity contribution in [2.45, 2.75) is 19.1 Å². The Bertz CT molecular complexity index is 926. The van der Waals surface area contributed by atoms with Crippen LogP contribution in [0.3, 0.4) is 0 Å². The molecule has 0 radical (unpaired) electrons. The van der Waals surface area contributed by atoms with Gasteiger partial charge >= 0.3 is 12.3 Å². The van der Waals surface area contributed by atoms with Crippen LogP contribution in [0.4, 0.5) is 18.0 Å². The van der Waals surface area contributed by atoms with E-state index in [1.54, 1.807) is 12.1 Å². The second kappa shape index (κ2) is 7.52. The number of nitrogens with zero attached hydrogens (tertiary/aromatic N) is 1. The molecule has 8 heteroatoms. The Kier molecular flexibility index (Phi) is 5.29. The summed E-state index contributed by atoms with van der Waals surface area (Å²) in [7, 11) is 0. The van der Waals surface area contributed by atoms with Gasteiger partial charge in [-0.3, -0.25) is 4.98 Å². The SMILES string of the molecule is CC1(C#Cc2cccnc2C(NC(=O)O)c2ccc(C(F)(F)F)cc2)COC1. The van der Waals surface area contributed by atoms with Crippen LogP contribution in [0.15, 0.2) is 42.6 Å². The van der Waals surface area contributed by atoms with E-state index in [-0.39, 0.29) is 5.41 Å². The fourth-order valence-corrected chi connectivity index (χ4v) is 2.75. The maximum absolute atomic E-state index is 12.8. The number of halogens is 3. The van der Waals surface area contributed by atoms with Crippen molar-refractivity contribution in [3.8, 4) is 11.8 Å². The first-order chi connectivity index (χ1) is 13.2. The molecule has 1 amide bonds. The van der Waals surface area contributed by atoms with Gasteiger partial charge in [0.1, 0.15) is 6.04 Å². The molecule has 1 aliphatic heterocycles. The second-order valence-electron chi connectivity index (χ2n) is 6.74. The third kappa shape index (κ3) is 4.43. The van der Waals surface area contributed by atoms with Crippen molar-refractivity contribution < 1.29 is 27.8 Å². The smallest absolute Gasteiger partial charge is 0.416 e. The Morgan fingerprint density at radius 2 is 1.96 bits per heavy atom. The van der Waals surface area contributed by atoms with Gasteiger partial charge in [-0.15, -0.1) is 0 Å². The minimum Gasteiger partial charge on any atom is -0.465 e. The average Bonchev–Trinajstić information content (AvgIpc) is 2.62. The van der Waals surface area contributed by atoms with E-state index >= 15 is 0 Å². The molecule has 0 spiro atoms. The zero-order chi connectivity index (χ0) is 20.4. The van der Waals surface area contributed by atoms with E-state index in [0.29, 0.717) is 30.0 Å². The molecule has 1 fully saturated rings. The first kappa shape index (κ1) is 19.7. The maximum atomic E-state index is 12.8. The number of carboxylic acid groups (broad SMARTS) is 1. The summed E-state index contributed by atoms with van der Waals surface area (Å²) in [5, 5.41) is 11.5. The van der Waals surface area contributed by atoms with Crippen LogP contribution in [0.5, 0.6) is 0 Å². The number of pyridine rings is 1. The molecule has 0 bridgehead atoms. The van der Waals surface area contributed by atoms with Crippen LogP contribution < -0.4 is 5.32 Å². The number of nitrogens with one attached hydrogen (secondary N) is 1. The van der Waals surface area contributed by atoms with E-state index in [0.717, 1.165) is 12.1 Å². The number of benzene rings is 1. The van der Waals surface area contributed by atoms with Gasteiger partial charge in [-0.25, -0.2) is 4.79 Å². The molecule has 5 nitrogen and oxygen atoms in total.